The lowest BCUT2D eigenvalue weighted by Gasteiger charge is -2.13. The number of benzene rings is 2. The number of hydrogen-bond acceptors (Lipinski definition) is 5. The van der Waals surface area contributed by atoms with Crippen LogP contribution >= 0.6 is 7.75 Å². The highest BCUT2D eigenvalue weighted by Gasteiger charge is 2.22. The van der Waals surface area contributed by atoms with Gasteiger partial charge in [-0.2, -0.15) is 0 Å². The van der Waals surface area contributed by atoms with Crippen LogP contribution in [0.5, 0.6) is 5.75 Å². The van der Waals surface area contributed by atoms with E-state index in [-0.39, 0.29) is 31.7 Å². The van der Waals surface area contributed by atoms with Crippen LogP contribution in [0.3, 0.4) is 0 Å². The fourth-order valence-corrected chi connectivity index (χ4v) is 2.83. The largest absolute Gasteiger partial charge is 0.461 e. The van der Waals surface area contributed by atoms with Gasteiger partial charge < -0.3 is 14.2 Å². The molecule has 1 atom stereocenters. The molecule has 26 heavy (non-hydrogen) atoms. The minimum Gasteiger partial charge on any atom is -0.461 e. The van der Waals surface area contributed by atoms with Gasteiger partial charge in [0.25, 0.3) is 0 Å². The van der Waals surface area contributed by atoms with Crippen LogP contribution in [0.15, 0.2) is 60.7 Å². The second kappa shape index (κ2) is 9.87. The number of ether oxygens (including phenoxy) is 1. The van der Waals surface area contributed by atoms with E-state index in [9.17, 15) is 19.0 Å². The molecule has 0 saturated carbocycles. The first kappa shape index (κ1) is 19.8. The fraction of sp³-hybridized carbons (Fsp3) is 0.222. The van der Waals surface area contributed by atoms with Crippen LogP contribution in [-0.2, 0) is 25.5 Å². The maximum absolute atomic E-state index is 11.9. The monoisotopic (exact) mass is 377 g/mol. The Bertz CT molecular complexity index is 766. The topological polar surface area (TPSA) is 102 Å². The highest BCUT2D eigenvalue weighted by molar-refractivity contribution is 7.51. The van der Waals surface area contributed by atoms with Gasteiger partial charge in [-0.1, -0.05) is 48.5 Å². The summed E-state index contributed by atoms with van der Waals surface area (Å²) in [5.41, 5.74) is 0.855. The molecule has 2 N–H and O–H groups in total. The van der Waals surface area contributed by atoms with Crippen molar-refractivity contribution in [3.8, 4) is 5.75 Å². The van der Waals surface area contributed by atoms with Crippen LogP contribution < -0.4 is 9.61 Å². The molecule has 0 aliphatic heterocycles. The molecule has 0 aromatic heterocycles. The summed E-state index contributed by atoms with van der Waals surface area (Å²) in [6.45, 7) is -0.241. The van der Waals surface area contributed by atoms with E-state index in [0.717, 1.165) is 5.56 Å². The first-order chi connectivity index (χ1) is 12.4. The molecule has 0 aliphatic carbocycles. The highest BCUT2D eigenvalue weighted by atomic mass is 31.2. The molecule has 0 amide bonds. The third-order valence-corrected chi connectivity index (χ3v) is 4.32. The van der Waals surface area contributed by atoms with Gasteiger partial charge >= 0.3 is 13.7 Å². The van der Waals surface area contributed by atoms with Crippen molar-refractivity contribution < 1.29 is 28.3 Å². The summed E-state index contributed by atoms with van der Waals surface area (Å²) in [5, 5.41) is 2.18. The zero-order valence-electron chi connectivity index (χ0n) is 14.0. The van der Waals surface area contributed by atoms with Crippen LogP contribution in [-0.4, -0.2) is 23.2 Å². The van der Waals surface area contributed by atoms with Gasteiger partial charge in [0, 0.05) is 6.42 Å². The Kier molecular flexibility index (Phi) is 7.53. The van der Waals surface area contributed by atoms with E-state index >= 15 is 0 Å². The standard InChI is InChI=1S/C18H20NO6P/c20-16(11-12-18(21)24-14-15-7-3-1-4-8-15)13-19-26(22,23)25-17-9-5-2-6-10-17/h1-10H,11-14H2,(H2,19,22,23). The minimum atomic E-state index is -4.16. The summed E-state index contributed by atoms with van der Waals surface area (Å²) < 4.78 is 21.8. The van der Waals surface area contributed by atoms with Crippen LogP contribution in [0.1, 0.15) is 18.4 Å². The van der Waals surface area contributed by atoms with Gasteiger partial charge in [0.15, 0.2) is 0 Å². The van der Waals surface area contributed by atoms with Gasteiger partial charge in [0.05, 0.1) is 13.0 Å². The summed E-state index contributed by atoms with van der Waals surface area (Å²) in [6, 6.07) is 17.3. The number of para-hydroxylation sites is 1. The lowest BCUT2D eigenvalue weighted by atomic mass is 10.2. The second-order valence-electron chi connectivity index (χ2n) is 5.44. The predicted octanol–water partition coefficient (Wildman–Crippen LogP) is 2.85. The maximum atomic E-state index is 11.9. The number of hydrogen-bond donors (Lipinski definition) is 2. The van der Waals surface area contributed by atoms with E-state index in [1.807, 2.05) is 30.3 Å². The number of Topliss-reactive ketones (excluding diaryl/α,β-unsaturated/α-hetero) is 1. The molecular weight excluding hydrogens is 357 g/mol. The molecule has 0 fully saturated rings. The molecule has 2 aromatic carbocycles. The molecule has 8 heteroatoms. The van der Waals surface area contributed by atoms with Gasteiger partial charge in [0.1, 0.15) is 18.1 Å². The van der Waals surface area contributed by atoms with Gasteiger partial charge in [-0.15, -0.1) is 0 Å². The average molecular weight is 377 g/mol. The molecule has 0 spiro atoms. The SMILES string of the molecule is O=C(CCC(=O)OCc1ccccc1)CNP(=O)(O)Oc1ccccc1. The zero-order valence-corrected chi connectivity index (χ0v) is 14.9. The minimum absolute atomic E-state index is 0.0913. The van der Waals surface area contributed by atoms with Gasteiger partial charge in [-0.05, 0) is 17.7 Å². The van der Waals surface area contributed by atoms with E-state index in [4.69, 9.17) is 9.26 Å². The van der Waals surface area contributed by atoms with E-state index < -0.39 is 19.5 Å². The van der Waals surface area contributed by atoms with E-state index in [2.05, 4.69) is 5.09 Å². The molecule has 2 aromatic rings. The van der Waals surface area contributed by atoms with Gasteiger partial charge in [-0.3, -0.25) is 9.59 Å². The Balaban J connectivity index is 1.66. The summed E-state index contributed by atoms with van der Waals surface area (Å²) in [4.78, 5) is 33.1. The molecule has 7 nitrogen and oxygen atoms in total. The van der Waals surface area contributed by atoms with Crippen molar-refractivity contribution in [3.63, 3.8) is 0 Å². The quantitative estimate of drug-likeness (QED) is 0.485. The number of carbonyl (C=O) groups excluding carboxylic acids is 2. The molecule has 0 aliphatic rings. The molecule has 0 bridgehead atoms. The van der Waals surface area contributed by atoms with Crippen LogP contribution in [0, 0.1) is 0 Å². The molecule has 2 rings (SSSR count). The summed E-state index contributed by atoms with van der Waals surface area (Å²) in [7, 11) is -4.16. The number of esters is 1. The smallest absolute Gasteiger partial charge is 0.456 e. The van der Waals surface area contributed by atoms with Crippen molar-refractivity contribution in [1.29, 1.82) is 0 Å². The Morgan fingerprint density at radius 2 is 1.58 bits per heavy atom. The third kappa shape index (κ3) is 7.61. The van der Waals surface area contributed by atoms with E-state index in [1.54, 1.807) is 18.2 Å². The Labute approximate surface area is 151 Å². The Hall–Kier alpha value is -2.47. The number of rotatable bonds is 10. The first-order valence-electron chi connectivity index (χ1n) is 7.98. The summed E-state index contributed by atoms with van der Waals surface area (Å²) >= 11 is 0. The van der Waals surface area contributed by atoms with Crippen LogP contribution in [0.25, 0.3) is 0 Å². The summed E-state index contributed by atoms with van der Waals surface area (Å²) in [5.74, 6) is -0.690. The van der Waals surface area contributed by atoms with Crippen LogP contribution in [0.4, 0.5) is 0 Å². The zero-order chi connectivity index (χ0) is 18.8. The van der Waals surface area contributed by atoms with E-state index in [1.165, 1.54) is 12.1 Å². The summed E-state index contributed by atoms with van der Waals surface area (Å²) in [6.07, 6.45) is -0.186. The van der Waals surface area contributed by atoms with E-state index in [0.29, 0.717) is 0 Å². The molecule has 1 unspecified atom stereocenters. The van der Waals surface area contributed by atoms with Gasteiger partial charge in [-0.25, -0.2) is 9.65 Å². The second-order valence-corrected chi connectivity index (χ2v) is 6.98. The van der Waals surface area contributed by atoms with Crippen molar-refractivity contribution in [2.75, 3.05) is 6.54 Å². The van der Waals surface area contributed by atoms with Crippen LogP contribution in [0.2, 0.25) is 0 Å². The van der Waals surface area contributed by atoms with Gasteiger partial charge in [0.2, 0.25) is 0 Å². The lowest BCUT2D eigenvalue weighted by Crippen LogP contribution is -2.23. The van der Waals surface area contributed by atoms with Crippen molar-refractivity contribution in [3.05, 3.63) is 66.2 Å². The average Bonchev–Trinajstić information content (AvgIpc) is 2.64. The molecular formula is C18H20NO6P. The molecule has 0 heterocycles. The van der Waals surface area contributed by atoms with Crippen molar-refractivity contribution in [1.82, 2.24) is 5.09 Å². The maximum Gasteiger partial charge on any atom is 0.456 e. The Morgan fingerprint density at radius 3 is 2.23 bits per heavy atom. The molecule has 0 saturated heterocycles. The highest BCUT2D eigenvalue weighted by Crippen LogP contribution is 2.37. The normalized spacial score (nSPS) is 12.8. The fourth-order valence-electron chi connectivity index (χ4n) is 1.98. The van der Waals surface area contributed by atoms with Crippen molar-refractivity contribution >= 4 is 19.5 Å². The van der Waals surface area contributed by atoms with Crippen molar-refractivity contribution in [2.24, 2.45) is 0 Å². The first-order valence-corrected chi connectivity index (χ1v) is 9.56. The molecule has 138 valence electrons. The number of ketones is 1. The predicted molar refractivity (Wildman–Crippen MR) is 95.4 cm³/mol. The molecule has 0 radical (unpaired) electrons. The number of nitrogens with one attached hydrogen (secondary N) is 1. The Morgan fingerprint density at radius 1 is 0.962 bits per heavy atom. The third-order valence-electron chi connectivity index (χ3n) is 3.30. The number of carbonyl (C=O) groups is 2. The van der Waals surface area contributed by atoms with Crippen molar-refractivity contribution in [2.45, 2.75) is 19.4 Å². The lowest BCUT2D eigenvalue weighted by molar-refractivity contribution is -0.146.